The van der Waals surface area contributed by atoms with Crippen molar-refractivity contribution < 1.29 is 19.0 Å². The highest BCUT2D eigenvalue weighted by atomic mass is 32.2. The zero-order chi connectivity index (χ0) is 24.8. The molecule has 3 aromatic rings. The highest BCUT2D eigenvalue weighted by Gasteiger charge is 2.33. The number of hydrogen-bond donors (Lipinski definition) is 0. The van der Waals surface area contributed by atoms with Gasteiger partial charge in [0.05, 0.1) is 30.9 Å². The van der Waals surface area contributed by atoms with Crippen molar-refractivity contribution in [3.63, 3.8) is 0 Å². The van der Waals surface area contributed by atoms with Crippen LogP contribution in [0.1, 0.15) is 23.1 Å². The Morgan fingerprint density at radius 2 is 1.69 bits per heavy atom. The van der Waals surface area contributed by atoms with Crippen molar-refractivity contribution in [3.05, 3.63) is 88.3 Å². The van der Waals surface area contributed by atoms with E-state index in [0.717, 1.165) is 23.4 Å². The van der Waals surface area contributed by atoms with Crippen molar-refractivity contribution in [2.24, 2.45) is 0 Å². The van der Waals surface area contributed by atoms with Gasteiger partial charge in [0.1, 0.15) is 5.75 Å². The molecule has 0 aliphatic carbocycles. The molecule has 1 aliphatic rings. The SMILES string of the molecule is COc1cc(/C=C2/SC(=S)N(c3ccccc3)C2=O)ccc1OCCCOc1ccc(C)c(C)c1. The number of carbonyl (C=O) groups excluding carboxylic acids is 1. The van der Waals surface area contributed by atoms with E-state index in [1.807, 2.05) is 66.7 Å². The Kier molecular flexibility index (Phi) is 8.10. The molecule has 0 aromatic heterocycles. The monoisotopic (exact) mass is 505 g/mol. The van der Waals surface area contributed by atoms with Gasteiger partial charge in [-0.15, -0.1) is 0 Å². The number of methoxy groups -OCH3 is 1. The van der Waals surface area contributed by atoms with Crippen molar-refractivity contribution in [1.82, 2.24) is 0 Å². The molecule has 0 spiro atoms. The first-order valence-corrected chi connectivity index (χ1v) is 12.5. The van der Waals surface area contributed by atoms with E-state index in [0.29, 0.717) is 33.9 Å². The first kappa shape index (κ1) is 24.8. The second-order valence-electron chi connectivity index (χ2n) is 8.06. The predicted molar refractivity (Wildman–Crippen MR) is 147 cm³/mol. The second-order valence-corrected chi connectivity index (χ2v) is 9.74. The number of aryl methyl sites for hydroxylation is 2. The van der Waals surface area contributed by atoms with E-state index >= 15 is 0 Å². The first-order chi connectivity index (χ1) is 17.0. The van der Waals surface area contributed by atoms with Crippen LogP contribution in [0, 0.1) is 13.8 Å². The topological polar surface area (TPSA) is 48.0 Å². The summed E-state index contributed by atoms with van der Waals surface area (Å²) in [4.78, 5) is 15.1. The molecule has 1 aliphatic heterocycles. The average molecular weight is 506 g/mol. The van der Waals surface area contributed by atoms with Crippen molar-refractivity contribution in [1.29, 1.82) is 0 Å². The maximum absolute atomic E-state index is 13.0. The first-order valence-electron chi connectivity index (χ1n) is 11.3. The largest absolute Gasteiger partial charge is 0.493 e. The van der Waals surface area contributed by atoms with Gasteiger partial charge in [0.15, 0.2) is 15.8 Å². The minimum absolute atomic E-state index is 0.130. The Morgan fingerprint density at radius 1 is 0.914 bits per heavy atom. The summed E-state index contributed by atoms with van der Waals surface area (Å²) in [5, 5.41) is 0. The average Bonchev–Trinajstić information content (AvgIpc) is 3.14. The van der Waals surface area contributed by atoms with E-state index in [-0.39, 0.29) is 5.91 Å². The van der Waals surface area contributed by atoms with E-state index < -0.39 is 0 Å². The van der Waals surface area contributed by atoms with E-state index in [4.69, 9.17) is 26.4 Å². The smallest absolute Gasteiger partial charge is 0.270 e. The molecular formula is C28H27NO4S2. The molecular weight excluding hydrogens is 478 g/mol. The third kappa shape index (κ3) is 6.05. The number of hydrogen-bond acceptors (Lipinski definition) is 6. The quantitative estimate of drug-likeness (QED) is 0.186. The van der Waals surface area contributed by atoms with Crippen molar-refractivity contribution in [3.8, 4) is 17.2 Å². The minimum atomic E-state index is -0.130. The van der Waals surface area contributed by atoms with E-state index in [2.05, 4.69) is 19.9 Å². The number of benzene rings is 3. The number of thioether (sulfide) groups is 1. The summed E-state index contributed by atoms with van der Waals surface area (Å²) in [6, 6.07) is 21.1. The van der Waals surface area contributed by atoms with Gasteiger partial charge >= 0.3 is 0 Å². The normalized spacial score (nSPS) is 14.5. The molecule has 0 radical (unpaired) electrons. The fourth-order valence-corrected chi connectivity index (χ4v) is 4.85. The maximum atomic E-state index is 13.0. The molecule has 180 valence electrons. The van der Waals surface area contributed by atoms with Gasteiger partial charge in [0.2, 0.25) is 0 Å². The third-order valence-corrected chi connectivity index (χ3v) is 6.89. The van der Waals surface area contributed by atoms with E-state index in [9.17, 15) is 4.79 Å². The molecule has 0 atom stereocenters. The van der Waals surface area contributed by atoms with Gasteiger partial charge in [-0.25, -0.2) is 0 Å². The van der Waals surface area contributed by atoms with Crippen molar-refractivity contribution in [2.45, 2.75) is 20.3 Å². The molecule has 3 aromatic carbocycles. The Hall–Kier alpha value is -3.29. The number of carbonyl (C=O) groups is 1. The number of nitrogens with zero attached hydrogens (tertiary/aromatic N) is 1. The highest BCUT2D eigenvalue weighted by molar-refractivity contribution is 8.27. The van der Waals surface area contributed by atoms with Crippen LogP contribution in [0.25, 0.3) is 6.08 Å². The Bertz CT molecular complexity index is 1260. The second kappa shape index (κ2) is 11.4. The molecule has 4 rings (SSSR count). The summed E-state index contributed by atoms with van der Waals surface area (Å²) in [7, 11) is 1.60. The van der Waals surface area contributed by atoms with Crippen LogP contribution in [-0.4, -0.2) is 30.6 Å². The summed E-state index contributed by atoms with van der Waals surface area (Å²) in [6.45, 7) is 5.22. The number of para-hydroxylation sites is 1. The summed E-state index contributed by atoms with van der Waals surface area (Å²) < 4.78 is 17.8. The molecule has 0 unspecified atom stereocenters. The molecule has 0 N–H and O–H groups in total. The van der Waals surface area contributed by atoms with Crippen LogP contribution in [0.2, 0.25) is 0 Å². The van der Waals surface area contributed by atoms with Crippen LogP contribution in [0.4, 0.5) is 5.69 Å². The molecule has 1 heterocycles. The lowest BCUT2D eigenvalue weighted by Crippen LogP contribution is -2.27. The molecule has 7 heteroatoms. The molecule has 5 nitrogen and oxygen atoms in total. The Labute approximate surface area is 215 Å². The van der Waals surface area contributed by atoms with Gasteiger partial charge in [0, 0.05) is 6.42 Å². The van der Waals surface area contributed by atoms with Gasteiger partial charge in [-0.3, -0.25) is 9.69 Å². The van der Waals surface area contributed by atoms with Gasteiger partial charge in [-0.1, -0.05) is 54.3 Å². The van der Waals surface area contributed by atoms with Crippen LogP contribution in [0.15, 0.2) is 71.6 Å². The number of rotatable bonds is 9. The molecule has 0 bridgehead atoms. The summed E-state index contributed by atoms with van der Waals surface area (Å²) >= 11 is 6.74. The number of thiocarbonyl (C=S) groups is 1. The Morgan fingerprint density at radius 3 is 2.43 bits per heavy atom. The van der Waals surface area contributed by atoms with Crippen molar-refractivity contribution >= 4 is 46.0 Å². The highest BCUT2D eigenvalue weighted by Crippen LogP contribution is 2.37. The lowest BCUT2D eigenvalue weighted by Gasteiger charge is -2.14. The lowest BCUT2D eigenvalue weighted by molar-refractivity contribution is -0.113. The zero-order valence-corrected chi connectivity index (χ0v) is 21.6. The van der Waals surface area contributed by atoms with Crippen LogP contribution >= 0.6 is 24.0 Å². The molecule has 0 saturated carbocycles. The number of amides is 1. The van der Waals surface area contributed by atoms with Crippen LogP contribution < -0.4 is 19.1 Å². The van der Waals surface area contributed by atoms with Gasteiger partial charge in [-0.2, -0.15) is 0 Å². The summed E-state index contributed by atoms with van der Waals surface area (Å²) in [5.41, 5.74) is 4.06. The van der Waals surface area contributed by atoms with E-state index in [1.165, 1.54) is 22.9 Å². The third-order valence-electron chi connectivity index (χ3n) is 5.59. The maximum Gasteiger partial charge on any atom is 0.270 e. The summed E-state index contributed by atoms with van der Waals surface area (Å²) in [6.07, 6.45) is 2.56. The fourth-order valence-electron chi connectivity index (χ4n) is 3.55. The van der Waals surface area contributed by atoms with Gasteiger partial charge in [-0.05, 0) is 73.0 Å². The standard InChI is InChI=1S/C28H27NO4S2/c1-19-10-12-23(16-20(19)2)32-14-7-15-33-24-13-11-21(17-25(24)31-3)18-26-27(30)29(28(34)35-26)22-8-5-4-6-9-22/h4-6,8-13,16-18H,7,14-15H2,1-3H3/b26-18+. The number of anilines is 1. The van der Waals surface area contributed by atoms with E-state index in [1.54, 1.807) is 12.0 Å². The lowest BCUT2D eigenvalue weighted by atomic mass is 10.1. The molecule has 1 saturated heterocycles. The zero-order valence-electron chi connectivity index (χ0n) is 19.9. The number of ether oxygens (including phenoxy) is 3. The Balaban J connectivity index is 1.35. The van der Waals surface area contributed by atoms with Crippen LogP contribution in [-0.2, 0) is 4.79 Å². The van der Waals surface area contributed by atoms with Crippen LogP contribution in [0.3, 0.4) is 0 Å². The molecule has 1 fully saturated rings. The van der Waals surface area contributed by atoms with Crippen molar-refractivity contribution in [2.75, 3.05) is 25.2 Å². The summed E-state index contributed by atoms with van der Waals surface area (Å²) in [5.74, 6) is 1.99. The van der Waals surface area contributed by atoms with Crippen LogP contribution in [0.5, 0.6) is 17.2 Å². The predicted octanol–water partition coefficient (Wildman–Crippen LogP) is 6.57. The fraction of sp³-hybridized carbons (Fsp3) is 0.214. The molecule has 1 amide bonds. The van der Waals surface area contributed by atoms with Gasteiger partial charge in [0.25, 0.3) is 5.91 Å². The minimum Gasteiger partial charge on any atom is -0.493 e. The van der Waals surface area contributed by atoms with Gasteiger partial charge < -0.3 is 14.2 Å². The molecule has 35 heavy (non-hydrogen) atoms.